The lowest BCUT2D eigenvalue weighted by Crippen LogP contribution is -2.38. The van der Waals surface area contributed by atoms with Crippen LogP contribution < -0.4 is 5.32 Å². The van der Waals surface area contributed by atoms with Crippen LogP contribution in [0, 0.1) is 0 Å². The molecule has 0 unspecified atom stereocenters. The molecule has 1 heterocycles. The Balaban J connectivity index is 1.99. The van der Waals surface area contributed by atoms with Crippen molar-refractivity contribution < 1.29 is 4.79 Å². The number of hydrogen-bond acceptors (Lipinski definition) is 3. The Morgan fingerprint density at radius 2 is 2.15 bits per heavy atom. The molecule has 106 valence electrons. The number of hydrogen-bond donors (Lipinski definition) is 1. The van der Waals surface area contributed by atoms with Crippen molar-refractivity contribution in [3.63, 3.8) is 0 Å². The van der Waals surface area contributed by atoms with Crippen LogP contribution >= 0.6 is 0 Å². The van der Waals surface area contributed by atoms with E-state index >= 15 is 0 Å². The van der Waals surface area contributed by atoms with E-state index in [1.165, 1.54) is 5.56 Å². The number of amides is 1. The second kappa shape index (κ2) is 6.48. The first-order valence-corrected chi connectivity index (χ1v) is 6.86. The molecule has 0 fully saturated rings. The highest BCUT2D eigenvalue weighted by molar-refractivity contribution is 5.79. The first kappa shape index (κ1) is 14.5. The number of likely N-dealkylation sites (N-methyl/N-ethyl adjacent to an activating group) is 1. The normalized spacial score (nSPS) is 11.2. The Morgan fingerprint density at radius 3 is 2.90 bits per heavy atom. The fraction of sp³-hybridized carbons (Fsp3) is 0.375. The van der Waals surface area contributed by atoms with Crippen LogP contribution in [0.15, 0.2) is 36.5 Å². The highest BCUT2D eigenvalue weighted by Gasteiger charge is 2.08. The zero-order valence-corrected chi connectivity index (χ0v) is 12.3. The molecule has 2 rings (SSSR count). The van der Waals surface area contributed by atoms with E-state index in [1.807, 2.05) is 37.9 Å². The molecular formula is C16H21N3O. The predicted octanol–water partition coefficient (Wildman–Crippen LogP) is 2.19. The summed E-state index contributed by atoms with van der Waals surface area (Å²) >= 11 is 0. The van der Waals surface area contributed by atoms with Gasteiger partial charge in [0.2, 0.25) is 5.91 Å². The van der Waals surface area contributed by atoms with Crippen molar-refractivity contribution in [1.29, 1.82) is 0 Å². The molecule has 1 amide bonds. The molecule has 0 saturated carbocycles. The van der Waals surface area contributed by atoms with Crippen molar-refractivity contribution in [2.45, 2.75) is 26.4 Å². The maximum absolute atomic E-state index is 11.7. The van der Waals surface area contributed by atoms with Crippen LogP contribution in [0.2, 0.25) is 0 Å². The number of nitrogens with zero attached hydrogens (tertiary/aromatic N) is 2. The van der Waals surface area contributed by atoms with Crippen LogP contribution in [-0.2, 0) is 11.3 Å². The summed E-state index contributed by atoms with van der Waals surface area (Å²) in [6, 6.07) is 10.4. The summed E-state index contributed by atoms with van der Waals surface area (Å²) in [4.78, 5) is 18.0. The fourth-order valence-corrected chi connectivity index (χ4v) is 2.20. The van der Waals surface area contributed by atoms with Crippen molar-refractivity contribution >= 4 is 16.8 Å². The highest BCUT2D eigenvalue weighted by atomic mass is 16.2. The van der Waals surface area contributed by atoms with E-state index < -0.39 is 0 Å². The van der Waals surface area contributed by atoms with E-state index in [0.717, 1.165) is 17.4 Å². The van der Waals surface area contributed by atoms with Crippen molar-refractivity contribution in [3.05, 3.63) is 42.1 Å². The molecule has 0 aliphatic rings. The van der Waals surface area contributed by atoms with Gasteiger partial charge in [-0.05, 0) is 44.7 Å². The van der Waals surface area contributed by atoms with Gasteiger partial charge < -0.3 is 5.32 Å². The standard InChI is InChI=1S/C16H21N3O/c1-12(2)18-16(20)11-19(3)10-13-6-7-15-14(9-13)5-4-8-17-15/h4-9,12H,10-11H2,1-3H3,(H,18,20). The van der Waals surface area contributed by atoms with Gasteiger partial charge in [0.1, 0.15) is 0 Å². The third kappa shape index (κ3) is 4.03. The lowest BCUT2D eigenvalue weighted by atomic mass is 10.1. The smallest absolute Gasteiger partial charge is 0.234 e. The minimum Gasteiger partial charge on any atom is -0.353 e. The number of carbonyl (C=O) groups excluding carboxylic acids is 1. The van der Waals surface area contributed by atoms with Gasteiger partial charge in [-0.3, -0.25) is 14.7 Å². The van der Waals surface area contributed by atoms with E-state index in [9.17, 15) is 4.79 Å². The first-order chi connectivity index (χ1) is 9.54. The number of pyridine rings is 1. The van der Waals surface area contributed by atoms with E-state index in [4.69, 9.17) is 0 Å². The van der Waals surface area contributed by atoms with Gasteiger partial charge in [0, 0.05) is 24.2 Å². The Hall–Kier alpha value is -1.94. The molecule has 0 aliphatic heterocycles. The zero-order valence-electron chi connectivity index (χ0n) is 12.3. The molecule has 2 aromatic rings. The lowest BCUT2D eigenvalue weighted by Gasteiger charge is -2.17. The van der Waals surface area contributed by atoms with Gasteiger partial charge in [-0.15, -0.1) is 0 Å². The van der Waals surface area contributed by atoms with Gasteiger partial charge in [0.25, 0.3) is 0 Å². The van der Waals surface area contributed by atoms with Gasteiger partial charge in [-0.2, -0.15) is 0 Å². The molecule has 0 atom stereocenters. The van der Waals surface area contributed by atoms with Crippen LogP contribution in [0.1, 0.15) is 19.4 Å². The van der Waals surface area contributed by atoms with Gasteiger partial charge in [0.05, 0.1) is 12.1 Å². The van der Waals surface area contributed by atoms with Crippen LogP contribution in [0.3, 0.4) is 0 Å². The van der Waals surface area contributed by atoms with Gasteiger partial charge in [-0.1, -0.05) is 12.1 Å². The van der Waals surface area contributed by atoms with Crippen LogP contribution in [-0.4, -0.2) is 35.4 Å². The van der Waals surface area contributed by atoms with Crippen LogP contribution in [0.25, 0.3) is 10.9 Å². The SMILES string of the molecule is CC(C)NC(=O)CN(C)Cc1ccc2ncccc2c1. The topological polar surface area (TPSA) is 45.2 Å². The molecule has 0 spiro atoms. The van der Waals surface area contributed by atoms with Crippen molar-refractivity contribution in [2.24, 2.45) is 0 Å². The van der Waals surface area contributed by atoms with Crippen molar-refractivity contribution in [2.75, 3.05) is 13.6 Å². The molecule has 0 radical (unpaired) electrons. The minimum atomic E-state index is 0.0601. The molecule has 1 aromatic carbocycles. The summed E-state index contributed by atoms with van der Waals surface area (Å²) in [5, 5.41) is 4.03. The number of aromatic nitrogens is 1. The Morgan fingerprint density at radius 1 is 1.35 bits per heavy atom. The molecule has 20 heavy (non-hydrogen) atoms. The number of rotatable bonds is 5. The summed E-state index contributed by atoms with van der Waals surface area (Å²) in [6.07, 6.45) is 1.80. The number of benzene rings is 1. The molecule has 4 nitrogen and oxygen atoms in total. The van der Waals surface area contributed by atoms with Gasteiger partial charge in [0.15, 0.2) is 0 Å². The van der Waals surface area contributed by atoms with E-state index in [-0.39, 0.29) is 11.9 Å². The summed E-state index contributed by atoms with van der Waals surface area (Å²) < 4.78 is 0. The number of carbonyl (C=O) groups is 1. The van der Waals surface area contributed by atoms with Gasteiger partial charge >= 0.3 is 0 Å². The maximum atomic E-state index is 11.7. The third-order valence-corrected chi connectivity index (χ3v) is 2.98. The number of nitrogens with one attached hydrogen (secondary N) is 1. The molecule has 0 saturated heterocycles. The predicted molar refractivity (Wildman–Crippen MR) is 81.4 cm³/mol. The second-order valence-corrected chi connectivity index (χ2v) is 5.42. The van der Waals surface area contributed by atoms with Crippen LogP contribution in [0.5, 0.6) is 0 Å². The summed E-state index contributed by atoms with van der Waals surface area (Å²) in [6.45, 7) is 5.09. The quantitative estimate of drug-likeness (QED) is 0.906. The summed E-state index contributed by atoms with van der Waals surface area (Å²) in [5.74, 6) is 0.0601. The van der Waals surface area contributed by atoms with E-state index in [1.54, 1.807) is 6.20 Å². The molecule has 1 aromatic heterocycles. The summed E-state index contributed by atoms with van der Waals surface area (Å²) in [7, 11) is 1.95. The first-order valence-electron chi connectivity index (χ1n) is 6.86. The Bertz CT molecular complexity index is 595. The van der Waals surface area contributed by atoms with Crippen LogP contribution in [0.4, 0.5) is 0 Å². The second-order valence-electron chi connectivity index (χ2n) is 5.42. The lowest BCUT2D eigenvalue weighted by molar-refractivity contribution is -0.122. The maximum Gasteiger partial charge on any atom is 0.234 e. The molecule has 4 heteroatoms. The average molecular weight is 271 g/mol. The minimum absolute atomic E-state index is 0.0601. The zero-order chi connectivity index (χ0) is 14.5. The van der Waals surface area contributed by atoms with E-state index in [2.05, 4.69) is 28.5 Å². The Labute approximate surface area is 119 Å². The Kier molecular flexibility index (Phi) is 4.69. The fourth-order valence-electron chi connectivity index (χ4n) is 2.20. The molecular weight excluding hydrogens is 250 g/mol. The summed E-state index contributed by atoms with van der Waals surface area (Å²) in [5.41, 5.74) is 2.18. The van der Waals surface area contributed by atoms with Crippen molar-refractivity contribution in [3.8, 4) is 0 Å². The molecule has 0 bridgehead atoms. The monoisotopic (exact) mass is 271 g/mol. The van der Waals surface area contributed by atoms with Gasteiger partial charge in [-0.25, -0.2) is 0 Å². The number of fused-ring (bicyclic) bond motifs is 1. The van der Waals surface area contributed by atoms with E-state index in [0.29, 0.717) is 6.54 Å². The highest BCUT2D eigenvalue weighted by Crippen LogP contribution is 2.14. The largest absolute Gasteiger partial charge is 0.353 e. The molecule has 0 aliphatic carbocycles. The average Bonchev–Trinajstić information content (AvgIpc) is 2.37. The third-order valence-electron chi connectivity index (χ3n) is 2.98. The van der Waals surface area contributed by atoms with Crippen molar-refractivity contribution in [1.82, 2.24) is 15.2 Å². The molecule has 1 N–H and O–H groups in total.